The molecule has 1 aromatic carbocycles. The fourth-order valence-electron chi connectivity index (χ4n) is 3.07. The number of ether oxygens (including phenoxy) is 1. The molecule has 4 heteroatoms. The average Bonchev–Trinajstić information content (AvgIpc) is 2.97. The highest BCUT2D eigenvalue weighted by Gasteiger charge is 2.23. The Morgan fingerprint density at radius 3 is 3.05 bits per heavy atom. The molecule has 2 atom stereocenters. The fraction of sp³-hybridized carbons (Fsp3) is 0.353. The number of hydrogen-bond acceptors (Lipinski definition) is 3. The largest absolute Gasteiger partial charge is 0.495 e. The molecule has 0 spiro atoms. The number of aliphatic hydroxyl groups excluding tert-OH is 1. The second-order valence-corrected chi connectivity index (χ2v) is 5.28. The molecule has 0 saturated heterocycles. The van der Waals surface area contributed by atoms with Gasteiger partial charge in [0.15, 0.2) is 0 Å². The number of aliphatic hydroxyl groups is 1. The summed E-state index contributed by atoms with van der Waals surface area (Å²) in [6, 6.07) is 8.33. The van der Waals surface area contributed by atoms with Crippen molar-refractivity contribution in [1.29, 1.82) is 0 Å². The minimum Gasteiger partial charge on any atom is -0.495 e. The van der Waals surface area contributed by atoms with Crippen molar-refractivity contribution in [2.24, 2.45) is 10.9 Å². The maximum atomic E-state index is 9.46. The summed E-state index contributed by atoms with van der Waals surface area (Å²) in [5.74, 6) is 1.16. The summed E-state index contributed by atoms with van der Waals surface area (Å²) >= 11 is 0. The van der Waals surface area contributed by atoms with Gasteiger partial charge in [0.1, 0.15) is 5.75 Å². The van der Waals surface area contributed by atoms with Gasteiger partial charge in [0.2, 0.25) is 0 Å². The number of benzene rings is 1. The highest BCUT2D eigenvalue weighted by Crippen LogP contribution is 2.34. The minimum atomic E-state index is 0.160. The van der Waals surface area contributed by atoms with Gasteiger partial charge >= 0.3 is 0 Å². The molecule has 0 aliphatic carbocycles. The molecule has 21 heavy (non-hydrogen) atoms. The van der Waals surface area contributed by atoms with Gasteiger partial charge in [-0.1, -0.05) is 18.2 Å². The SMILES string of the molecule is COc1cccc2ccn(C(CCO)C3C=NC=CC3)c12. The predicted octanol–water partition coefficient (Wildman–Crippen LogP) is 3.18. The van der Waals surface area contributed by atoms with Crippen molar-refractivity contribution in [2.75, 3.05) is 13.7 Å². The summed E-state index contributed by atoms with van der Waals surface area (Å²) in [6.45, 7) is 0.160. The maximum absolute atomic E-state index is 9.46. The number of allylic oxidation sites excluding steroid dienone is 1. The minimum absolute atomic E-state index is 0.160. The van der Waals surface area contributed by atoms with Crippen LogP contribution in [-0.2, 0) is 0 Å². The zero-order valence-corrected chi connectivity index (χ0v) is 12.1. The van der Waals surface area contributed by atoms with E-state index in [1.54, 1.807) is 7.11 Å². The van der Waals surface area contributed by atoms with Crippen molar-refractivity contribution in [3.05, 3.63) is 42.7 Å². The Balaban J connectivity index is 2.07. The lowest BCUT2D eigenvalue weighted by Crippen LogP contribution is -2.22. The third-order valence-electron chi connectivity index (χ3n) is 4.08. The summed E-state index contributed by atoms with van der Waals surface area (Å²) in [4.78, 5) is 4.26. The lowest BCUT2D eigenvalue weighted by molar-refractivity contribution is 0.243. The lowest BCUT2D eigenvalue weighted by atomic mass is 9.93. The number of hydrogen-bond donors (Lipinski definition) is 1. The number of methoxy groups -OCH3 is 1. The van der Waals surface area contributed by atoms with Gasteiger partial charge in [-0.05, 0) is 25.0 Å². The van der Waals surface area contributed by atoms with E-state index in [2.05, 4.69) is 34.0 Å². The Morgan fingerprint density at radius 2 is 2.33 bits per heavy atom. The van der Waals surface area contributed by atoms with Gasteiger partial charge in [-0.3, -0.25) is 4.99 Å². The molecule has 2 heterocycles. The molecule has 110 valence electrons. The van der Waals surface area contributed by atoms with Crippen molar-refractivity contribution in [3.8, 4) is 5.75 Å². The van der Waals surface area contributed by atoms with Crippen LogP contribution in [0.2, 0.25) is 0 Å². The third-order valence-corrected chi connectivity index (χ3v) is 4.08. The van der Waals surface area contributed by atoms with Gasteiger partial charge in [-0.25, -0.2) is 0 Å². The van der Waals surface area contributed by atoms with Crippen LogP contribution < -0.4 is 4.74 Å². The van der Waals surface area contributed by atoms with E-state index in [0.29, 0.717) is 12.3 Å². The summed E-state index contributed by atoms with van der Waals surface area (Å²) in [5, 5.41) is 10.6. The third kappa shape index (κ3) is 2.59. The summed E-state index contributed by atoms with van der Waals surface area (Å²) in [6.07, 6.45) is 9.63. The monoisotopic (exact) mass is 284 g/mol. The van der Waals surface area contributed by atoms with E-state index in [1.165, 1.54) is 0 Å². The Labute approximate surface area is 124 Å². The highest BCUT2D eigenvalue weighted by atomic mass is 16.5. The second-order valence-electron chi connectivity index (χ2n) is 5.28. The highest BCUT2D eigenvalue weighted by molar-refractivity contribution is 5.86. The molecular weight excluding hydrogens is 264 g/mol. The molecule has 1 aromatic heterocycles. The molecule has 0 fully saturated rings. The summed E-state index contributed by atoms with van der Waals surface area (Å²) < 4.78 is 7.73. The van der Waals surface area contributed by atoms with Crippen LogP contribution in [0.15, 0.2) is 47.7 Å². The van der Waals surface area contributed by atoms with E-state index in [1.807, 2.05) is 24.5 Å². The topological polar surface area (TPSA) is 46.8 Å². The quantitative estimate of drug-likeness (QED) is 0.916. The number of aromatic nitrogens is 1. The lowest BCUT2D eigenvalue weighted by Gasteiger charge is -2.27. The normalized spacial score (nSPS) is 19.0. The van der Waals surface area contributed by atoms with Crippen LogP contribution in [0.1, 0.15) is 18.9 Å². The maximum Gasteiger partial charge on any atom is 0.143 e. The second kappa shape index (κ2) is 6.14. The number of fused-ring (bicyclic) bond motifs is 1. The molecule has 0 amide bonds. The Bertz CT molecular complexity index is 672. The molecule has 1 aliphatic rings. The van der Waals surface area contributed by atoms with Gasteiger partial charge in [-0.15, -0.1) is 0 Å². The van der Waals surface area contributed by atoms with Crippen LogP contribution in [0.3, 0.4) is 0 Å². The van der Waals surface area contributed by atoms with Gasteiger partial charge < -0.3 is 14.4 Å². The van der Waals surface area contributed by atoms with Crippen molar-refractivity contribution < 1.29 is 9.84 Å². The molecule has 0 radical (unpaired) electrons. The molecule has 2 aromatic rings. The molecule has 0 bridgehead atoms. The molecule has 1 aliphatic heterocycles. The number of aliphatic imine (C=N–C) groups is 1. The van der Waals surface area contributed by atoms with E-state index in [9.17, 15) is 5.11 Å². The van der Waals surface area contributed by atoms with Crippen molar-refractivity contribution >= 4 is 17.1 Å². The van der Waals surface area contributed by atoms with Crippen LogP contribution in [-0.4, -0.2) is 29.6 Å². The van der Waals surface area contributed by atoms with Gasteiger partial charge in [-0.2, -0.15) is 0 Å². The van der Waals surface area contributed by atoms with E-state index in [4.69, 9.17) is 4.74 Å². The smallest absolute Gasteiger partial charge is 0.143 e. The number of nitrogens with zero attached hydrogens (tertiary/aromatic N) is 2. The summed E-state index contributed by atoms with van der Waals surface area (Å²) in [5.41, 5.74) is 1.08. The van der Waals surface area contributed by atoms with E-state index < -0.39 is 0 Å². The van der Waals surface area contributed by atoms with Crippen LogP contribution >= 0.6 is 0 Å². The fourth-order valence-corrected chi connectivity index (χ4v) is 3.07. The molecule has 0 saturated carbocycles. The van der Waals surface area contributed by atoms with E-state index in [0.717, 1.165) is 23.1 Å². The predicted molar refractivity (Wildman–Crippen MR) is 85.0 cm³/mol. The zero-order valence-electron chi connectivity index (χ0n) is 12.1. The molecular formula is C17H20N2O2. The molecule has 1 N–H and O–H groups in total. The number of rotatable bonds is 5. The summed E-state index contributed by atoms with van der Waals surface area (Å²) in [7, 11) is 1.69. The van der Waals surface area contributed by atoms with Crippen LogP contribution in [0, 0.1) is 5.92 Å². The first-order valence-electron chi connectivity index (χ1n) is 7.28. The van der Waals surface area contributed by atoms with Crippen molar-refractivity contribution in [1.82, 2.24) is 4.57 Å². The molecule has 2 unspecified atom stereocenters. The van der Waals surface area contributed by atoms with Crippen molar-refractivity contribution in [3.63, 3.8) is 0 Å². The Morgan fingerprint density at radius 1 is 1.43 bits per heavy atom. The molecule has 4 nitrogen and oxygen atoms in total. The van der Waals surface area contributed by atoms with Crippen LogP contribution in [0.4, 0.5) is 0 Å². The van der Waals surface area contributed by atoms with Gasteiger partial charge in [0.05, 0.1) is 12.6 Å². The van der Waals surface area contributed by atoms with Gasteiger partial charge in [0.25, 0.3) is 0 Å². The van der Waals surface area contributed by atoms with E-state index in [-0.39, 0.29) is 12.6 Å². The van der Waals surface area contributed by atoms with Crippen LogP contribution in [0.25, 0.3) is 10.9 Å². The van der Waals surface area contributed by atoms with Gasteiger partial charge in [0, 0.05) is 42.6 Å². The Kier molecular flexibility index (Phi) is 4.06. The first-order valence-corrected chi connectivity index (χ1v) is 7.28. The van der Waals surface area contributed by atoms with Crippen LogP contribution in [0.5, 0.6) is 5.75 Å². The molecule has 3 rings (SSSR count). The average molecular weight is 284 g/mol. The van der Waals surface area contributed by atoms with Crippen molar-refractivity contribution in [2.45, 2.75) is 18.9 Å². The standard InChI is InChI=1S/C17H20N2O2/c1-21-16-6-2-4-13-7-10-19(17(13)16)15(8-11-20)14-5-3-9-18-12-14/h2-4,6-7,9-10,12,14-15,20H,5,8,11H2,1H3. The number of para-hydroxylation sites is 1. The first-order chi connectivity index (χ1) is 10.3. The van der Waals surface area contributed by atoms with E-state index >= 15 is 0 Å². The first kappa shape index (κ1) is 13.9. The zero-order chi connectivity index (χ0) is 14.7. The Hall–Kier alpha value is -2.07.